The second-order valence-corrected chi connectivity index (χ2v) is 7.97. The van der Waals surface area contributed by atoms with Crippen LogP contribution in [0.2, 0.25) is 5.02 Å². The fourth-order valence-corrected chi connectivity index (χ4v) is 4.03. The molecule has 0 amide bonds. The van der Waals surface area contributed by atoms with Crippen molar-refractivity contribution in [1.82, 2.24) is 29.6 Å². The molecule has 0 saturated carbocycles. The second kappa shape index (κ2) is 8.32. The molecule has 4 heterocycles. The lowest BCUT2D eigenvalue weighted by Gasteiger charge is -2.28. The number of benzene rings is 1. The number of ether oxygens (including phenoxy) is 1. The number of nitrogens with two attached hydrogens (primary N) is 1. The topological polar surface area (TPSA) is 119 Å². The van der Waals surface area contributed by atoms with E-state index in [0.717, 1.165) is 24.9 Å². The van der Waals surface area contributed by atoms with Crippen LogP contribution >= 0.6 is 11.6 Å². The average Bonchev–Trinajstić information content (AvgIpc) is 3.22. The highest BCUT2D eigenvalue weighted by Gasteiger charge is 2.26. The van der Waals surface area contributed by atoms with Crippen LogP contribution in [0.4, 0.5) is 5.82 Å². The van der Waals surface area contributed by atoms with Crippen molar-refractivity contribution in [2.75, 3.05) is 18.8 Å². The highest BCUT2D eigenvalue weighted by Crippen LogP contribution is 2.34. The van der Waals surface area contributed by atoms with E-state index < -0.39 is 0 Å². The van der Waals surface area contributed by atoms with E-state index >= 15 is 0 Å². The molecule has 1 unspecified atom stereocenters. The van der Waals surface area contributed by atoms with Crippen LogP contribution in [0.5, 0.6) is 11.6 Å². The van der Waals surface area contributed by atoms with Crippen molar-refractivity contribution in [2.24, 2.45) is 0 Å². The van der Waals surface area contributed by atoms with Crippen molar-refractivity contribution in [3.63, 3.8) is 0 Å². The molecule has 1 aliphatic rings. The molecule has 3 aromatic heterocycles. The van der Waals surface area contributed by atoms with E-state index in [1.165, 1.54) is 12.5 Å². The zero-order chi connectivity index (χ0) is 22.1. The lowest BCUT2D eigenvalue weighted by molar-refractivity contribution is 0.236. The van der Waals surface area contributed by atoms with Crippen molar-refractivity contribution in [1.29, 1.82) is 5.26 Å². The number of hydrogen-bond acceptors (Lipinski definition) is 8. The number of anilines is 1. The number of aromatic nitrogens is 5. The van der Waals surface area contributed by atoms with Gasteiger partial charge in [-0.15, -0.1) is 0 Å². The van der Waals surface area contributed by atoms with E-state index in [9.17, 15) is 5.26 Å². The van der Waals surface area contributed by atoms with Crippen LogP contribution in [0.3, 0.4) is 0 Å². The Labute approximate surface area is 189 Å². The SMILES string of the molecule is N#CN1CCCC(n2nc(-c3ccc(Oc4ccc(Cl)cn4)cc3)c3c(N)ncnc32)C1. The summed E-state index contributed by atoms with van der Waals surface area (Å²) in [5.74, 6) is 1.46. The molecule has 0 radical (unpaired) electrons. The molecule has 4 aromatic rings. The van der Waals surface area contributed by atoms with Gasteiger partial charge in [0.2, 0.25) is 5.88 Å². The van der Waals surface area contributed by atoms with Gasteiger partial charge >= 0.3 is 0 Å². The lowest BCUT2D eigenvalue weighted by Crippen LogP contribution is -2.33. The molecule has 0 spiro atoms. The summed E-state index contributed by atoms with van der Waals surface area (Å²) in [5, 5.41) is 15.4. The van der Waals surface area contributed by atoms with E-state index in [1.54, 1.807) is 17.0 Å². The summed E-state index contributed by atoms with van der Waals surface area (Å²) < 4.78 is 7.66. The summed E-state index contributed by atoms with van der Waals surface area (Å²) in [6.07, 6.45) is 7.05. The Bertz CT molecular complexity index is 1300. The number of nitrogen functional groups attached to an aromatic ring is 1. The highest BCUT2D eigenvalue weighted by atomic mass is 35.5. The van der Waals surface area contributed by atoms with E-state index in [4.69, 9.17) is 27.2 Å². The first kappa shape index (κ1) is 20.0. The van der Waals surface area contributed by atoms with E-state index in [0.29, 0.717) is 45.7 Å². The standard InChI is InChI=1S/C22H19ClN8O/c23-15-5-8-18(26-10-15)32-17-6-3-14(4-7-17)20-19-21(25)27-13-28-22(19)31(29-20)16-2-1-9-30(11-16)12-24/h3-8,10,13,16H,1-2,9,11H2,(H2,25,27,28). The fourth-order valence-electron chi connectivity index (χ4n) is 3.92. The smallest absolute Gasteiger partial charge is 0.219 e. The third-order valence-corrected chi connectivity index (χ3v) is 5.68. The maximum Gasteiger partial charge on any atom is 0.219 e. The molecule has 1 fully saturated rings. The van der Waals surface area contributed by atoms with Crippen molar-refractivity contribution in [2.45, 2.75) is 18.9 Å². The summed E-state index contributed by atoms with van der Waals surface area (Å²) in [6, 6.07) is 11.0. The van der Waals surface area contributed by atoms with Gasteiger partial charge in [-0.05, 0) is 43.2 Å². The number of halogens is 1. The molecule has 0 aliphatic carbocycles. The van der Waals surface area contributed by atoms with Gasteiger partial charge < -0.3 is 15.4 Å². The Morgan fingerprint density at radius 2 is 1.97 bits per heavy atom. The summed E-state index contributed by atoms with van der Waals surface area (Å²) in [6.45, 7) is 1.36. The molecule has 1 atom stereocenters. The fraction of sp³-hybridized carbons (Fsp3) is 0.227. The molecule has 1 aliphatic heterocycles. The minimum atomic E-state index is 0.0348. The minimum absolute atomic E-state index is 0.0348. The minimum Gasteiger partial charge on any atom is -0.439 e. The summed E-state index contributed by atoms with van der Waals surface area (Å²) in [5.41, 5.74) is 8.45. The zero-order valence-electron chi connectivity index (χ0n) is 17.0. The molecule has 32 heavy (non-hydrogen) atoms. The van der Waals surface area contributed by atoms with E-state index in [-0.39, 0.29) is 6.04 Å². The lowest BCUT2D eigenvalue weighted by atomic mass is 10.1. The largest absolute Gasteiger partial charge is 0.439 e. The van der Waals surface area contributed by atoms with Gasteiger partial charge in [-0.1, -0.05) is 11.6 Å². The second-order valence-electron chi connectivity index (χ2n) is 7.53. The normalized spacial score (nSPS) is 16.1. The van der Waals surface area contributed by atoms with E-state index in [1.807, 2.05) is 28.9 Å². The molecular formula is C22H19ClN8O. The summed E-state index contributed by atoms with van der Waals surface area (Å²) in [4.78, 5) is 14.5. The van der Waals surface area contributed by atoms with Gasteiger partial charge in [0.25, 0.3) is 0 Å². The van der Waals surface area contributed by atoms with Gasteiger partial charge in [-0.3, -0.25) is 0 Å². The molecule has 0 bridgehead atoms. The van der Waals surface area contributed by atoms with Crippen LogP contribution in [-0.2, 0) is 0 Å². The van der Waals surface area contributed by atoms with Gasteiger partial charge in [-0.2, -0.15) is 10.4 Å². The predicted octanol–water partition coefficient (Wildman–Crippen LogP) is 4.03. The van der Waals surface area contributed by atoms with Crippen LogP contribution in [0.1, 0.15) is 18.9 Å². The van der Waals surface area contributed by atoms with Crippen molar-refractivity contribution < 1.29 is 4.74 Å². The molecule has 1 saturated heterocycles. The maximum absolute atomic E-state index is 9.32. The van der Waals surface area contributed by atoms with Gasteiger partial charge in [0.1, 0.15) is 23.6 Å². The molecule has 2 N–H and O–H groups in total. The van der Waals surface area contributed by atoms with Crippen molar-refractivity contribution in [3.05, 3.63) is 53.9 Å². The van der Waals surface area contributed by atoms with E-state index in [2.05, 4.69) is 21.1 Å². The first-order chi connectivity index (χ1) is 15.6. The van der Waals surface area contributed by atoms with Gasteiger partial charge in [0.05, 0.1) is 23.0 Å². The van der Waals surface area contributed by atoms with Crippen molar-refractivity contribution in [3.8, 4) is 29.1 Å². The average molecular weight is 447 g/mol. The van der Waals surface area contributed by atoms with Gasteiger partial charge in [-0.25, -0.2) is 19.6 Å². The number of hydrogen-bond donors (Lipinski definition) is 1. The highest BCUT2D eigenvalue weighted by molar-refractivity contribution is 6.30. The third-order valence-electron chi connectivity index (χ3n) is 5.45. The quantitative estimate of drug-likeness (QED) is 0.466. The Morgan fingerprint density at radius 3 is 2.72 bits per heavy atom. The molecule has 5 rings (SSSR count). The monoisotopic (exact) mass is 446 g/mol. The van der Waals surface area contributed by atoms with Crippen LogP contribution in [0, 0.1) is 11.5 Å². The van der Waals surface area contributed by atoms with Crippen LogP contribution < -0.4 is 10.5 Å². The number of rotatable bonds is 4. The van der Waals surface area contributed by atoms with Crippen LogP contribution in [0.25, 0.3) is 22.3 Å². The Balaban J connectivity index is 1.50. The Morgan fingerprint density at radius 1 is 1.12 bits per heavy atom. The summed E-state index contributed by atoms with van der Waals surface area (Å²) >= 11 is 5.87. The molecular weight excluding hydrogens is 428 g/mol. The Hall–Kier alpha value is -3.90. The zero-order valence-corrected chi connectivity index (χ0v) is 17.8. The molecule has 160 valence electrons. The van der Waals surface area contributed by atoms with Crippen molar-refractivity contribution >= 4 is 28.5 Å². The van der Waals surface area contributed by atoms with Gasteiger partial charge in [0.15, 0.2) is 11.8 Å². The first-order valence-corrected chi connectivity index (χ1v) is 10.5. The third kappa shape index (κ3) is 3.76. The number of fused-ring (bicyclic) bond motifs is 1. The number of nitriles is 1. The first-order valence-electron chi connectivity index (χ1n) is 10.2. The predicted molar refractivity (Wildman–Crippen MR) is 120 cm³/mol. The molecule has 10 heteroatoms. The number of likely N-dealkylation sites (tertiary alicyclic amines) is 1. The number of piperidine rings is 1. The van der Waals surface area contributed by atoms with Crippen LogP contribution in [-0.4, -0.2) is 42.7 Å². The molecule has 1 aromatic carbocycles. The Kier molecular flexibility index (Phi) is 5.21. The number of nitrogens with zero attached hydrogens (tertiary/aromatic N) is 7. The van der Waals surface area contributed by atoms with Crippen LogP contribution in [0.15, 0.2) is 48.9 Å². The summed E-state index contributed by atoms with van der Waals surface area (Å²) in [7, 11) is 0. The maximum atomic E-state index is 9.32. The molecule has 9 nitrogen and oxygen atoms in total. The number of pyridine rings is 1. The van der Waals surface area contributed by atoms with Gasteiger partial charge in [0, 0.05) is 24.4 Å².